The summed E-state index contributed by atoms with van der Waals surface area (Å²) in [4.78, 5) is 37.4. The maximum absolute atomic E-state index is 12.4. The van der Waals surface area contributed by atoms with Crippen LogP contribution in [-0.4, -0.2) is 19.9 Å². The summed E-state index contributed by atoms with van der Waals surface area (Å²) in [7, 11) is 0. The minimum absolute atomic E-state index is 0.158. The molecule has 0 aliphatic carbocycles. The third kappa shape index (κ3) is 4.97. The van der Waals surface area contributed by atoms with Crippen molar-refractivity contribution in [3.05, 3.63) is 84.5 Å². The molecule has 0 aliphatic rings. The van der Waals surface area contributed by atoms with Crippen molar-refractivity contribution in [3.8, 4) is 0 Å². The predicted molar refractivity (Wildman–Crippen MR) is 114 cm³/mol. The lowest BCUT2D eigenvalue weighted by atomic mass is 9.90. The third-order valence-corrected chi connectivity index (χ3v) is 4.07. The summed E-state index contributed by atoms with van der Waals surface area (Å²) in [5.74, 6) is 0. The lowest BCUT2D eigenvalue weighted by Gasteiger charge is -2.16. The van der Waals surface area contributed by atoms with Crippen molar-refractivity contribution in [1.29, 1.82) is 0 Å². The molecule has 0 spiro atoms. The van der Waals surface area contributed by atoms with Crippen LogP contribution < -0.4 is 21.8 Å². The normalized spacial score (nSPS) is 12.6. The highest BCUT2D eigenvalue weighted by molar-refractivity contribution is 5.49. The Morgan fingerprint density at radius 1 is 0.893 bits per heavy atom. The van der Waals surface area contributed by atoms with Crippen LogP contribution in [0.2, 0.25) is 0 Å². The Bertz CT molecular complexity index is 1160. The molecule has 1 aromatic carbocycles. The number of aromatic nitrogens is 4. The van der Waals surface area contributed by atoms with Crippen molar-refractivity contribution < 1.29 is 0 Å². The minimum atomic E-state index is -0.370. The van der Waals surface area contributed by atoms with E-state index in [0.29, 0.717) is 5.69 Å². The molecule has 0 bridgehead atoms. The van der Waals surface area contributed by atoms with Crippen LogP contribution in [0.4, 0.5) is 0 Å². The second-order valence-electron chi connectivity index (χ2n) is 7.35. The van der Waals surface area contributed by atoms with Gasteiger partial charge in [0.25, 0.3) is 11.1 Å². The van der Waals surface area contributed by atoms with Gasteiger partial charge in [0.2, 0.25) is 0 Å². The van der Waals surface area contributed by atoms with Crippen molar-refractivity contribution in [1.82, 2.24) is 19.9 Å². The zero-order chi connectivity index (χ0) is 20.9. The standard InChI is InChI=1S/C20H22N4O2.C2H6/c1-12-5-7-13(8-6-12)9-15-18(25)24-16(19(26)23-15)10-14-17(20(2,3)4)22-11-21-14;1-2/h5-11H,1-4H3,(H,21,22)(H,23,26)(H,24,25);1-2H3/b15-9-,16-10-;. The van der Waals surface area contributed by atoms with Gasteiger partial charge in [-0.25, -0.2) is 4.98 Å². The van der Waals surface area contributed by atoms with Gasteiger partial charge in [-0.2, -0.15) is 0 Å². The summed E-state index contributed by atoms with van der Waals surface area (Å²) < 4.78 is 0. The fourth-order valence-corrected chi connectivity index (χ4v) is 2.68. The highest BCUT2D eigenvalue weighted by Crippen LogP contribution is 2.22. The van der Waals surface area contributed by atoms with Crippen LogP contribution in [0, 0.1) is 6.92 Å². The molecule has 3 N–H and O–H groups in total. The number of imidazole rings is 1. The summed E-state index contributed by atoms with van der Waals surface area (Å²) in [5, 5.41) is 0.391. The molecule has 0 radical (unpaired) electrons. The number of hydrogen-bond acceptors (Lipinski definition) is 3. The number of aromatic amines is 3. The first-order valence-electron chi connectivity index (χ1n) is 9.40. The van der Waals surface area contributed by atoms with Crippen molar-refractivity contribution in [2.24, 2.45) is 0 Å². The Hall–Kier alpha value is -3.15. The van der Waals surface area contributed by atoms with Gasteiger partial charge in [-0.1, -0.05) is 64.4 Å². The van der Waals surface area contributed by atoms with Crippen LogP contribution in [-0.2, 0) is 5.41 Å². The van der Waals surface area contributed by atoms with Crippen LogP contribution in [0.1, 0.15) is 57.1 Å². The maximum Gasteiger partial charge on any atom is 0.272 e. The summed E-state index contributed by atoms with van der Waals surface area (Å²) in [6.07, 6.45) is 4.82. The van der Waals surface area contributed by atoms with E-state index in [2.05, 4.69) is 19.9 Å². The molecule has 3 rings (SSSR count). The van der Waals surface area contributed by atoms with Crippen LogP contribution >= 0.6 is 0 Å². The van der Waals surface area contributed by atoms with Gasteiger partial charge in [0, 0.05) is 11.1 Å². The predicted octanol–water partition coefficient (Wildman–Crippen LogP) is 2.08. The second-order valence-corrected chi connectivity index (χ2v) is 7.35. The smallest absolute Gasteiger partial charge is 0.272 e. The number of hydrogen-bond donors (Lipinski definition) is 3. The van der Waals surface area contributed by atoms with Gasteiger partial charge >= 0.3 is 0 Å². The van der Waals surface area contributed by atoms with Gasteiger partial charge in [0.15, 0.2) is 0 Å². The molecule has 2 heterocycles. The highest BCUT2D eigenvalue weighted by Gasteiger charge is 2.19. The van der Waals surface area contributed by atoms with Gasteiger partial charge in [-0.3, -0.25) is 9.59 Å². The average molecular weight is 380 g/mol. The average Bonchev–Trinajstić information content (AvgIpc) is 3.11. The van der Waals surface area contributed by atoms with E-state index in [0.717, 1.165) is 16.8 Å². The first-order valence-corrected chi connectivity index (χ1v) is 9.40. The van der Waals surface area contributed by atoms with E-state index in [1.165, 1.54) is 0 Å². The SMILES string of the molecule is CC.Cc1ccc(/C=c2\[nH]c(=O)/c(=C/c3nc[nH]c3C(C)(C)C)[nH]c2=O)cc1. The van der Waals surface area contributed by atoms with Crippen LogP contribution in [0.15, 0.2) is 40.2 Å². The monoisotopic (exact) mass is 380 g/mol. The van der Waals surface area contributed by atoms with Crippen LogP contribution in [0.25, 0.3) is 12.2 Å². The number of H-pyrrole nitrogens is 3. The third-order valence-electron chi connectivity index (χ3n) is 4.07. The molecular weight excluding hydrogens is 352 g/mol. The fourth-order valence-electron chi connectivity index (χ4n) is 2.68. The molecule has 0 fully saturated rings. The van der Waals surface area contributed by atoms with Gasteiger partial charge in [-0.15, -0.1) is 0 Å². The molecule has 148 valence electrons. The molecule has 0 atom stereocenters. The first kappa shape index (κ1) is 21.2. The Morgan fingerprint density at radius 3 is 1.96 bits per heavy atom. The summed E-state index contributed by atoms with van der Waals surface area (Å²) in [5.41, 5.74) is 2.62. The molecule has 0 aliphatic heterocycles. The quantitative estimate of drug-likeness (QED) is 0.635. The number of rotatable bonds is 2. The zero-order valence-corrected chi connectivity index (χ0v) is 17.3. The Kier molecular flexibility index (Phi) is 6.57. The van der Waals surface area contributed by atoms with Gasteiger partial charge in [0.05, 0.1) is 12.0 Å². The van der Waals surface area contributed by atoms with E-state index in [4.69, 9.17) is 0 Å². The molecule has 3 aromatic rings. The second kappa shape index (κ2) is 8.69. The van der Waals surface area contributed by atoms with Crippen LogP contribution in [0.5, 0.6) is 0 Å². The Balaban J connectivity index is 0.00000136. The van der Waals surface area contributed by atoms with Gasteiger partial charge in [0.1, 0.15) is 10.7 Å². The first-order chi connectivity index (χ1) is 13.2. The molecule has 0 amide bonds. The molecule has 0 saturated heterocycles. The lowest BCUT2D eigenvalue weighted by molar-refractivity contribution is 0.571. The van der Waals surface area contributed by atoms with Crippen molar-refractivity contribution in [2.45, 2.75) is 47.0 Å². The van der Waals surface area contributed by atoms with E-state index in [-0.39, 0.29) is 27.2 Å². The number of nitrogens with one attached hydrogen (secondary N) is 3. The molecule has 0 saturated carbocycles. The summed E-state index contributed by atoms with van der Waals surface area (Å²) in [6.45, 7) is 12.1. The molecule has 28 heavy (non-hydrogen) atoms. The molecule has 6 nitrogen and oxygen atoms in total. The van der Waals surface area contributed by atoms with E-state index < -0.39 is 0 Å². The number of nitrogens with zero attached hydrogens (tertiary/aromatic N) is 1. The van der Waals surface area contributed by atoms with E-state index in [1.54, 1.807) is 18.5 Å². The van der Waals surface area contributed by atoms with Gasteiger partial charge < -0.3 is 15.0 Å². The van der Waals surface area contributed by atoms with Gasteiger partial charge in [-0.05, 0) is 24.6 Å². The number of aryl methyl sites for hydroxylation is 1. The summed E-state index contributed by atoms with van der Waals surface area (Å²) in [6, 6.07) is 7.69. The Labute approximate surface area is 164 Å². The maximum atomic E-state index is 12.4. The van der Waals surface area contributed by atoms with Crippen LogP contribution in [0.3, 0.4) is 0 Å². The van der Waals surface area contributed by atoms with E-state index in [1.807, 2.05) is 65.8 Å². The zero-order valence-electron chi connectivity index (χ0n) is 17.3. The fraction of sp³-hybridized carbons (Fsp3) is 0.318. The molecule has 0 unspecified atom stereocenters. The Morgan fingerprint density at radius 2 is 1.43 bits per heavy atom. The van der Waals surface area contributed by atoms with E-state index in [9.17, 15) is 9.59 Å². The highest BCUT2D eigenvalue weighted by atomic mass is 16.1. The molecular formula is C22H28N4O2. The number of benzene rings is 1. The largest absolute Gasteiger partial charge is 0.348 e. The van der Waals surface area contributed by atoms with Crippen molar-refractivity contribution >= 4 is 12.2 Å². The lowest BCUT2D eigenvalue weighted by Crippen LogP contribution is -2.46. The van der Waals surface area contributed by atoms with E-state index >= 15 is 0 Å². The van der Waals surface area contributed by atoms with Crippen molar-refractivity contribution in [3.63, 3.8) is 0 Å². The topological polar surface area (TPSA) is 94.4 Å². The molecule has 6 heteroatoms. The van der Waals surface area contributed by atoms with Crippen molar-refractivity contribution in [2.75, 3.05) is 0 Å². The summed E-state index contributed by atoms with van der Waals surface area (Å²) >= 11 is 0. The minimum Gasteiger partial charge on any atom is -0.348 e. The molecule has 2 aromatic heterocycles.